The van der Waals surface area contributed by atoms with Crippen LogP contribution in [0.4, 0.5) is 5.69 Å². The molecule has 0 saturated carbocycles. The van der Waals surface area contributed by atoms with Gasteiger partial charge in [0.2, 0.25) is 5.91 Å². The number of carbonyl (C=O) groups is 1. The lowest BCUT2D eigenvalue weighted by molar-refractivity contribution is -0.385. The van der Waals surface area contributed by atoms with Crippen molar-refractivity contribution in [2.75, 3.05) is 13.1 Å². The highest BCUT2D eigenvalue weighted by molar-refractivity contribution is 5.80. The first-order valence-corrected chi connectivity index (χ1v) is 5.97. The van der Waals surface area contributed by atoms with Crippen LogP contribution in [0.5, 0.6) is 0 Å². The molecule has 0 aliphatic heterocycles. The average Bonchev–Trinajstić information content (AvgIpc) is 2.38. The number of amides is 1. The van der Waals surface area contributed by atoms with Crippen LogP contribution in [0.2, 0.25) is 0 Å². The highest BCUT2D eigenvalue weighted by Gasteiger charge is 2.19. The van der Waals surface area contributed by atoms with Crippen LogP contribution >= 0.6 is 0 Å². The summed E-state index contributed by atoms with van der Waals surface area (Å²) in [6.07, 6.45) is 0.684. The fraction of sp³-hybridized carbons (Fsp3) is 0.385. The predicted octanol–water partition coefficient (Wildman–Crippen LogP) is 1.90. The SMILES string of the molecule is CCCN(CC#N)C(=O)Cc1ccccc1[N+](=O)[O-]. The Bertz CT molecular complexity index is 508. The maximum atomic E-state index is 12.0. The normalized spacial score (nSPS) is 9.68. The Kier molecular flexibility index (Phi) is 5.48. The molecule has 19 heavy (non-hydrogen) atoms. The monoisotopic (exact) mass is 261 g/mol. The van der Waals surface area contributed by atoms with Gasteiger partial charge in [-0.25, -0.2) is 0 Å². The molecule has 0 aromatic heterocycles. The van der Waals surface area contributed by atoms with Crippen molar-refractivity contribution in [2.45, 2.75) is 19.8 Å². The summed E-state index contributed by atoms with van der Waals surface area (Å²) in [5, 5.41) is 19.5. The molecule has 0 aliphatic carbocycles. The van der Waals surface area contributed by atoms with Crippen LogP contribution < -0.4 is 0 Å². The lowest BCUT2D eigenvalue weighted by Crippen LogP contribution is -2.33. The molecule has 6 heteroatoms. The number of hydrogen-bond donors (Lipinski definition) is 0. The first-order valence-electron chi connectivity index (χ1n) is 5.97. The minimum absolute atomic E-state index is 0.00725. The Morgan fingerprint density at radius 2 is 2.16 bits per heavy atom. The molecule has 0 N–H and O–H groups in total. The highest BCUT2D eigenvalue weighted by Crippen LogP contribution is 2.18. The van der Waals surface area contributed by atoms with Gasteiger partial charge in [-0.05, 0) is 6.42 Å². The van der Waals surface area contributed by atoms with Crippen molar-refractivity contribution in [3.8, 4) is 6.07 Å². The fourth-order valence-electron chi connectivity index (χ4n) is 1.76. The van der Waals surface area contributed by atoms with Gasteiger partial charge in [0.25, 0.3) is 5.69 Å². The van der Waals surface area contributed by atoms with Gasteiger partial charge in [-0.15, -0.1) is 0 Å². The van der Waals surface area contributed by atoms with Gasteiger partial charge in [0.15, 0.2) is 0 Å². The summed E-state index contributed by atoms with van der Waals surface area (Å²) in [7, 11) is 0. The van der Waals surface area contributed by atoms with Crippen LogP contribution in [0, 0.1) is 21.4 Å². The minimum atomic E-state index is -0.503. The Morgan fingerprint density at radius 3 is 2.74 bits per heavy atom. The molecule has 1 aromatic rings. The van der Waals surface area contributed by atoms with Gasteiger partial charge >= 0.3 is 0 Å². The van der Waals surface area contributed by atoms with Crippen molar-refractivity contribution < 1.29 is 9.72 Å². The van der Waals surface area contributed by atoms with E-state index in [9.17, 15) is 14.9 Å². The van der Waals surface area contributed by atoms with Crippen molar-refractivity contribution in [3.63, 3.8) is 0 Å². The van der Waals surface area contributed by atoms with Gasteiger partial charge in [0.1, 0.15) is 6.54 Å². The van der Waals surface area contributed by atoms with Crippen molar-refractivity contribution in [1.82, 2.24) is 4.90 Å². The molecule has 0 unspecified atom stereocenters. The number of rotatable bonds is 6. The van der Waals surface area contributed by atoms with Crippen LogP contribution in [0.3, 0.4) is 0 Å². The summed E-state index contributed by atoms with van der Waals surface area (Å²) in [5.41, 5.74) is 0.306. The van der Waals surface area contributed by atoms with Crippen molar-refractivity contribution in [3.05, 3.63) is 39.9 Å². The molecule has 0 atom stereocenters. The van der Waals surface area contributed by atoms with Crippen LogP contribution in [0.1, 0.15) is 18.9 Å². The second-order valence-electron chi connectivity index (χ2n) is 4.04. The van der Waals surface area contributed by atoms with Crippen LogP contribution in [0.25, 0.3) is 0 Å². The first kappa shape index (κ1) is 14.6. The van der Waals surface area contributed by atoms with Gasteiger partial charge < -0.3 is 4.90 Å². The van der Waals surface area contributed by atoms with E-state index in [1.807, 2.05) is 13.0 Å². The summed E-state index contributed by atoms with van der Waals surface area (Å²) in [5.74, 6) is -0.266. The third kappa shape index (κ3) is 4.07. The van der Waals surface area contributed by atoms with E-state index < -0.39 is 4.92 Å². The standard InChI is InChI=1S/C13H15N3O3/c1-2-8-15(9-7-14)13(17)10-11-5-3-4-6-12(11)16(18)19/h3-6H,2,8-10H2,1H3. The second kappa shape index (κ2) is 7.11. The van der Waals surface area contributed by atoms with Crippen molar-refractivity contribution in [1.29, 1.82) is 5.26 Å². The molecule has 1 rings (SSSR count). The van der Waals surface area contributed by atoms with E-state index in [1.165, 1.54) is 11.0 Å². The topological polar surface area (TPSA) is 87.2 Å². The third-order valence-corrected chi connectivity index (χ3v) is 2.64. The first-order chi connectivity index (χ1) is 9.10. The number of nitriles is 1. The predicted molar refractivity (Wildman–Crippen MR) is 69.3 cm³/mol. The molecule has 0 spiro atoms. The molecule has 0 saturated heterocycles. The van der Waals surface area contributed by atoms with Gasteiger partial charge in [-0.1, -0.05) is 25.1 Å². The number of para-hydroxylation sites is 1. The molecule has 0 heterocycles. The maximum absolute atomic E-state index is 12.0. The zero-order chi connectivity index (χ0) is 14.3. The summed E-state index contributed by atoms with van der Waals surface area (Å²) >= 11 is 0. The smallest absolute Gasteiger partial charge is 0.273 e. The van der Waals surface area contributed by atoms with E-state index in [4.69, 9.17) is 5.26 Å². The number of benzene rings is 1. The number of hydrogen-bond acceptors (Lipinski definition) is 4. The van der Waals surface area contributed by atoms with E-state index in [0.29, 0.717) is 12.1 Å². The van der Waals surface area contributed by atoms with E-state index in [-0.39, 0.29) is 24.6 Å². The molecular weight excluding hydrogens is 246 g/mol. The Labute approximate surface area is 111 Å². The lowest BCUT2D eigenvalue weighted by Gasteiger charge is -2.18. The molecule has 0 bridgehead atoms. The van der Waals surface area contributed by atoms with Gasteiger partial charge in [-0.3, -0.25) is 14.9 Å². The summed E-state index contributed by atoms with van der Waals surface area (Å²) in [4.78, 5) is 23.8. The number of nitrogens with zero attached hydrogens (tertiary/aromatic N) is 3. The number of nitro benzene ring substituents is 1. The third-order valence-electron chi connectivity index (χ3n) is 2.64. The molecule has 0 aliphatic rings. The molecule has 1 aromatic carbocycles. The van der Waals surface area contributed by atoms with Crippen LogP contribution in [0.15, 0.2) is 24.3 Å². The molecule has 0 fully saturated rings. The van der Waals surface area contributed by atoms with E-state index in [1.54, 1.807) is 18.2 Å². The van der Waals surface area contributed by atoms with Crippen LogP contribution in [-0.2, 0) is 11.2 Å². The fourth-order valence-corrected chi connectivity index (χ4v) is 1.76. The molecule has 100 valence electrons. The lowest BCUT2D eigenvalue weighted by atomic mass is 10.1. The quantitative estimate of drug-likeness (QED) is 0.444. The van der Waals surface area contributed by atoms with Gasteiger partial charge in [-0.2, -0.15) is 5.26 Å². The molecule has 0 radical (unpaired) electrons. The zero-order valence-electron chi connectivity index (χ0n) is 10.7. The summed E-state index contributed by atoms with van der Waals surface area (Å²) < 4.78 is 0. The average molecular weight is 261 g/mol. The molecule has 1 amide bonds. The van der Waals surface area contributed by atoms with Crippen LogP contribution in [-0.4, -0.2) is 28.8 Å². The highest BCUT2D eigenvalue weighted by atomic mass is 16.6. The zero-order valence-corrected chi connectivity index (χ0v) is 10.7. The van der Waals surface area contributed by atoms with Crippen molar-refractivity contribution >= 4 is 11.6 Å². The Hall–Kier alpha value is -2.42. The Morgan fingerprint density at radius 1 is 1.47 bits per heavy atom. The van der Waals surface area contributed by atoms with E-state index >= 15 is 0 Å². The molecular formula is C13H15N3O3. The minimum Gasteiger partial charge on any atom is -0.329 e. The van der Waals surface area contributed by atoms with E-state index in [2.05, 4.69) is 0 Å². The van der Waals surface area contributed by atoms with Crippen molar-refractivity contribution in [2.24, 2.45) is 0 Å². The largest absolute Gasteiger partial charge is 0.329 e. The van der Waals surface area contributed by atoms with Gasteiger partial charge in [0, 0.05) is 18.2 Å². The summed E-state index contributed by atoms with van der Waals surface area (Å²) in [6, 6.07) is 8.08. The molecule has 6 nitrogen and oxygen atoms in total. The number of carbonyl (C=O) groups excluding carboxylic acids is 1. The van der Waals surface area contributed by atoms with Gasteiger partial charge in [0.05, 0.1) is 17.4 Å². The Balaban J connectivity index is 2.86. The van der Waals surface area contributed by atoms with E-state index in [0.717, 1.165) is 6.42 Å². The summed E-state index contributed by atoms with van der Waals surface area (Å²) in [6.45, 7) is 2.39. The maximum Gasteiger partial charge on any atom is 0.273 e. The second-order valence-corrected chi connectivity index (χ2v) is 4.04. The number of nitro groups is 1.